The average Bonchev–Trinajstić information content (AvgIpc) is 3.02. The lowest BCUT2D eigenvalue weighted by molar-refractivity contribution is 0.0591. The maximum absolute atomic E-state index is 11.9. The number of ether oxygens (including phenoxy) is 3. The largest absolute Gasteiger partial charge is 0.493 e. The molecule has 0 N–H and O–H groups in total. The zero-order valence-corrected chi connectivity index (χ0v) is 12.7. The molecule has 1 aromatic carbocycles. The van der Waals surface area contributed by atoms with E-state index in [1.54, 1.807) is 41.8 Å². The Kier molecular flexibility index (Phi) is 4.09. The molecule has 2 aromatic heterocycles. The van der Waals surface area contributed by atoms with Crippen molar-refractivity contribution in [3.63, 3.8) is 0 Å². The molecular formula is C16H15N3O4. The van der Waals surface area contributed by atoms with E-state index in [-0.39, 0.29) is 6.61 Å². The molecule has 0 atom stereocenters. The van der Waals surface area contributed by atoms with Gasteiger partial charge in [0, 0.05) is 0 Å². The fourth-order valence-electron chi connectivity index (χ4n) is 2.24. The second-order valence-corrected chi connectivity index (χ2v) is 4.65. The fraction of sp³-hybridized carbons (Fsp3) is 0.188. The number of pyridine rings is 1. The highest BCUT2D eigenvalue weighted by Crippen LogP contribution is 2.26. The highest BCUT2D eigenvalue weighted by molar-refractivity contribution is 5.88. The molecule has 0 bridgehead atoms. The van der Waals surface area contributed by atoms with E-state index in [1.807, 2.05) is 12.1 Å². The lowest BCUT2D eigenvalue weighted by atomic mass is 10.3. The summed E-state index contributed by atoms with van der Waals surface area (Å²) < 4.78 is 17.4. The SMILES string of the molecule is COC(=O)c1cccc2nnc(COc3ccccc3OC)n12. The molecule has 0 fully saturated rings. The predicted octanol–water partition coefficient (Wildman–Crippen LogP) is 2.10. The number of hydrogen-bond donors (Lipinski definition) is 0. The number of nitrogens with zero attached hydrogens (tertiary/aromatic N) is 3. The molecule has 0 saturated heterocycles. The van der Waals surface area contributed by atoms with Crippen molar-refractivity contribution in [3.8, 4) is 11.5 Å². The van der Waals surface area contributed by atoms with Gasteiger partial charge in [-0.15, -0.1) is 10.2 Å². The zero-order valence-electron chi connectivity index (χ0n) is 12.7. The molecule has 0 saturated carbocycles. The van der Waals surface area contributed by atoms with Crippen LogP contribution in [0.4, 0.5) is 0 Å². The lowest BCUT2D eigenvalue weighted by Gasteiger charge is -2.10. The maximum atomic E-state index is 11.9. The summed E-state index contributed by atoms with van der Waals surface area (Å²) in [6, 6.07) is 12.4. The van der Waals surface area contributed by atoms with Gasteiger partial charge in [-0.1, -0.05) is 18.2 Å². The minimum atomic E-state index is -0.464. The van der Waals surface area contributed by atoms with Gasteiger partial charge >= 0.3 is 5.97 Å². The third kappa shape index (κ3) is 2.80. The molecule has 2 heterocycles. The highest BCUT2D eigenvalue weighted by atomic mass is 16.5. The Bertz CT molecular complexity index is 844. The number of fused-ring (bicyclic) bond motifs is 1. The molecule has 0 spiro atoms. The van der Waals surface area contributed by atoms with Crippen molar-refractivity contribution in [2.45, 2.75) is 6.61 Å². The molecular weight excluding hydrogens is 298 g/mol. The first-order valence-corrected chi connectivity index (χ1v) is 6.91. The van der Waals surface area contributed by atoms with Gasteiger partial charge < -0.3 is 14.2 Å². The summed E-state index contributed by atoms with van der Waals surface area (Å²) >= 11 is 0. The van der Waals surface area contributed by atoms with Crippen molar-refractivity contribution in [1.82, 2.24) is 14.6 Å². The zero-order chi connectivity index (χ0) is 16.2. The maximum Gasteiger partial charge on any atom is 0.355 e. The van der Waals surface area contributed by atoms with E-state index in [4.69, 9.17) is 14.2 Å². The highest BCUT2D eigenvalue weighted by Gasteiger charge is 2.16. The smallest absolute Gasteiger partial charge is 0.355 e. The van der Waals surface area contributed by atoms with Crippen LogP contribution in [0.3, 0.4) is 0 Å². The minimum absolute atomic E-state index is 0.134. The summed E-state index contributed by atoms with van der Waals surface area (Å²) in [7, 11) is 2.90. The number of esters is 1. The van der Waals surface area contributed by atoms with Gasteiger partial charge in [0.15, 0.2) is 23.0 Å². The lowest BCUT2D eigenvalue weighted by Crippen LogP contribution is -2.11. The van der Waals surface area contributed by atoms with Gasteiger partial charge in [0.1, 0.15) is 12.3 Å². The second-order valence-electron chi connectivity index (χ2n) is 4.65. The van der Waals surface area contributed by atoms with Crippen LogP contribution in [0.25, 0.3) is 5.65 Å². The van der Waals surface area contributed by atoms with Crippen LogP contribution in [-0.4, -0.2) is 34.8 Å². The molecule has 0 unspecified atom stereocenters. The number of carbonyl (C=O) groups excluding carboxylic acids is 1. The summed E-state index contributed by atoms with van der Waals surface area (Å²) in [5.74, 6) is 1.23. The monoisotopic (exact) mass is 313 g/mol. The van der Waals surface area contributed by atoms with Crippen molar-refractivity contribution < 1.29 is 19.0 Å². The van der Waals surface area contributed by atoms with E-state index in [9.17, 15) is 4.79 Å². The van der Waals surface area contributed by atoms with Crippen molar-refractivity contribution in [1.29, 1.82) is 0 Å². The van der Waals surface area contributed by atoms with Gasteiger partial charge in [-0.2, -0.15) is 0 Å². The number of rotatable bonds is 5. The van der Waals surface area contributed by atoms with Crippen LogP contribution in [-0.2, 0) is 11.3 Å². The number of benzene rings is 1. The number of carbonyl (C=O) groups is 1. The Balaban J connectivity index is 1.93. The van der Waals surface area contributed by atoms with Gasteiger partial charge in [0.2, 0.25) is 0 Å². The summed E-state index contributed by atoms with van der Waals surface area (Å²) in [4.78, 5) is 11.9. The Morgan fingerprint density at radius 1 is 1.04 bits per heavy atom. The topological polar surface area (TPSA) is 75.0 Å². The van der Waals surface area contributed by atoms with Crippen LogP contribution in [0.15, 0.2) is 42.5 Å². The molecule has 7 nitrogen and oxygen atoms in total. The van der Waals surface area contributed by atoms with Gasteiger partial charge in [-0.3, -0.25) is 4.40 Å². The Morgan fingerprint density at radius 3 is 2.57 bits per heavy atom. The summed E-state index contributed by atoms with van der Waals surface area (Å²) in [6.07, 6.45) is 0. The van der Waals surface area contributed by atoms with Crippen molar-refractivity contribution in [2.24, 2.45) is 0 Å². The van der Waals surface area contributed by atoms with Gasteiger partial charge in [0.05, 0.1) is 14.2 Å². The van der Waals surface area contributed by atoms with E-state index >= 15 is 0 Å². The summed E-state index contributed by atoms with van der Waals surface area (Å²) in [6.45, 7) is 0.134. The van der Waals surface area contributed by atoms with E-state index in [1.165, 1.54) is 7.11 Å². The number of hydrogen-bond acceptors (Lipinski definition) is 6. The molecule has 0 amide bonds. The van der Waals surface area contributed by atoms with Crippen LogP contribution in [0, 0.1) is 0 Å². The minimum Gasteiger partial charge on any atom is -0.493 e. The molecule has 118 valence electrons. The standard InChI is InChI=1S/C16H15N3O4/c1-21-12-7-3-4-8-13(12)23-10-15-18-17-14-9-5-6-11(19(14)15)16(20)22-2/h3-9H,10H2,1-2H3. The third-order valence-electron chi connectivity index (χ3n) is 3.32. The first kappa shape index (κ1) is 14.8. The molecule has 0 aliphatic rings. The Labute approximate surface area is 132 Å². The Morgan fingerprint density at radius 2 is 1.83 bits per heavy atom. The number of methoxy groups -OCH3 is 2. The van der Waals surface area contributed by atoms with Gasteiger partial charge in [-0.25, -0.2) is 4.79 Å². The first-order chi connectivity index (χ1) is 11.2. The molecule has 0 aliphatic carbocycles. The fourth-order valence-corrected chi connectivity index (χ4v) is 2.24. The van der Waals surface area contributed by atoms with Crippen LogP contribution >= 0.6 is 0 Å². The molecule has 0 aliphatic heterocycles. The molecule has 3 rings (SSSR count). The van der Waals surface area contributed by atoms with Gasteiger partial charge in [-0.05, 0) is 24.3 Å². The average molecular weight is 313 g/mol. The molecule has 0 radical (unpaired) electrons. The van der Waals surface area contributed by atoms with E-state index in [2.05, 4.69) is 10.2 Å². The van der Waals surface area contributed by atoms with Crippen LogP contribution < -0.4 is 9.47 Å². The predicted molar refractivity (Wildman–Crippen MR) is 81.7 cm³/mol. The second kappa shape index (κ2) is 6.35. The van der Waals surface area contributed by atoms with Crippen molar-refractivity contribution >= 4 is 11.6 Å². The van der Waals surface area contributed by atoms with Gasteiger partial charge in [0.25, 0.3) is 0 Å². The molecule has 7 heteroatoms. The quantitative estimate of drug-likeness (QED) is 0.672. The first-order valence-electron chi connectivity index (χ1n) is 6.91. The van der Waals surface area contributed by atoms with E-state index in [0.717, 1.165) is 0 Å². The third-order valence-corrected chi connectivity index (χ3v) is 3.32. The Hall–Kier alpha value is -3.09. The molecule has 23 heavy (non-hydrogen) atoms. The van der Waals surface area contributed by atoms with Crippen molar-refractivity contribution in [2.75, 3.05) is 14.2 Å². The number of aromatic nitrogens is 3. The molecule has 3 aromatic rings. The van der Waals surface area contributed by atoms with Crippen LogP contribution in [0.2, 0.25) is 0 Å². The van der Waals surface area contributed by atoms with E-state index in [0.29, 0.717) is 28.7 Å². The number of para-hydroxylation sites is 2. The summed E-state index contributed by atoms with van der Waals surface area (Å²) in [5, 5.41) is 8.13. The van der Waals surface area contributed by atoms with Crippen molar-refractivity contribution in [3.05, 3.63) is 54.0 Å². The van der Waals surface area contributed by atoms with Crippen LogP contribution in [0.1, 0.15) is 16.3 Å². The van der Waals surface area contributed by atoms with Crippen LogP contribution in [0.5, 0.6) is 11.5 Å². The normalized spacial score (nSPS) is 10.5. The summed E-state index contributed by atoms with van der Waals surface area (Å²) in [5.41, 5.74) is 0.889. The van der Waals surface area contributed by atoms with E-state index < -0.39 is 5.97 Å².